The number of nitrogens with zero attached hydrogens (tertiary/aromatic N) is 2. The summed E-state index contributed by atoms with van der Waals surface area (Å²) in [5, 5.41) is 6.71. The Morgan fingerprint density at radius 3 is 2.87 bits per heavy atom. The predicted molar refractivity (Wildman–Crippen MR) is 60.9 cm³/mol. The third-order valence-corrected chi connectivity index (χ3v) is 2.74. The topological polar surface area (TPSA) is 49.8 Å². The quantitative estimate of drug-likeness (QED) is 0.780. The lowest BCUT2D eigenvalue weighted by atomic mass is 10.1. The van der Waals surface area contributed by atoms with Crippen LogP contribution in [0.3, 0.4) is 0 Å². The van der Waals surface area contributed by atoms with E-state index in [-0.39, 0.29) is 0 Å². The van der Waals surface area contributed by atoms with Crippen LogP contribution in [-0.4, -0.2) is 29.1 Å². The number of aryl methyl sites for hydroxylation is 1. The number of hydrogen-bond acceptors (Lipinski definition) is 4. The fourth-order valence-electron chi connectivity index (χ4n) is 1.77. The SMILES string of the molecule is CCc1cnc(NC2CCCNC2)nc1. The Morgan fingerprint density at radius 2 is 2.27 bits per heavy atom. The summed E-state index contributed by atoms with van der Waals surface area (Å²) < 4.78 is 0. The zero-order chi connectivity index (χ0) is 10.5. The van der Waals surface area contributed by atoms with E-state index in [1.165, 1.54) is 18.4 Å². The van der Waals surface area contributed by atoms with Crippen molar-refractivity contribution in [3.05, 3.63) is 18.0 Å². The predicted octanol–water partition coefficient (Wildman–Crippen LogP) is 1.20. The maximum Gasteiger partial charge on any atom is 0.222 e. The Hall–Kier alpha value is -1.16. The molecule has 2 N–H and O–H groups in total. The third kappa shape index (κ3) is 2.89. The van der Waals surface area contributed by atoms with Gasteiger partial charge in [-0.05, 0) is 31.4 Å². The Kier molecular flexibility index (Phi) is 3.50. The van der Waals surface area contributed by atoms with Crippen LogP contribution in [0.25, 0.3) is 0 Å². The first-order chi connectivity index (χ1) is 7.38. The van der Waals surface area contributed by atoms with Crippen molar-refractivity contribution in [1.82, 2.24) is 15.3 Å². The second kappa shape index (κ2) is 5.07. The first kappa shape index (κ1) is 10.4. The van der Waals surface area contributed by atoms with E-state index in [1.54, 1.807) is 0 Å². The van der Waals surface area contributed by atoms with Gasteiger partial charge in [-0.15, -0.1) is 0 Å². The summed E-state index contributed by atoms with van der Waals surface area (Å²) in [6.07, 6.45) is 7.21. The highest BCUT2D eigenvalue weighted by Crippen LogP contribution is 2.08. The minimum Gasteiger partial charge on any atom is -0.350 e. The summed E-state index contributed by atoms with van der Waals surface area (Å²) >= 11 is 0. The molecule has 1 aliphatic rings. The Morgan fingerprint density at radius 1 is 1.47 bits per heavy atom. The van der Waals surface area contributed by atoms with Gasteiger partial charge in [-0.3, -0.25) is 0 Å². The maximum atomic E-state index is 4.29. The van der Waals surface area contributed by atoms with E-state index in [0.717, 1.165) is 25.5 Å². The number of rotatable bonds is 3. The lowest BCUT2D eigenvalue weighted by molar-refractivity contribution is 0.478. The second-order valence-corrected chi connectivity index (χ2v) is 3.96. The van der Waals surface area contributed by atoms with Crippen LogP contribution >= 0.6 is 0 Å². The van der Waals surface area contributed by atoms with E-state index >= 15 is 0 Å². The zero-order valence-corrected chi connectivity index (χ0v) is 9.16. The van der Waals surface area contributed by atoms with Gasteiger partial charge in [0.2, 0.25) is 5.95 Å². The van der Waals surface area contributed by atoms with Crippen LogP contribution in [0.1, 0.15) is 25.3 Å². The summed E-state index contributed by atoms with van der Waals surface area (Å²) in [4.78, 5) is 8.59. The van der Waals surface area contributed by atoms with Crippen molar-refractivity contribution < 1.29 is 0 Å². The standard InChI is InChI=1S/C11H18N4/c1-2-9-6-13-11(14-7-9)15-10-4-3-5-12-8-10/h6-7,10,12H,2-5,8H2,1H3,(H,13,14,15). The molecule has 4 heteroatoms. The summed E-state index contributed by atoms with van der Waals surface area (Å²) in [5.41, 5.74) is 1.18. The molecule has 2 heterocycles. The highest BCUT2D eigenvalue weighted by molar-refractivity contribution is 5.26. The molecule has 0 spiro atoms. The van der Waals surface area contributed by atoms with Crippen LogP contribution in [0, 0.1) is 0 Å². The van der Waals surface area contributed by atoms with E-state index in [4.69, 9.17) is 0 Å². The highest BCUT2D eigenvalue weighted by atomic mass is 15.1. The number of hydrogen-bond donors (Lipinski definition) is 2. The molecular weight excluding hydrogens is 188 g/mol. The lowest BCUT2D eigenvalue weighted by Crippen LogP contribution is -2.38. The summed E-state index contributed by atoms with van der Waals surface area (Å²) in [6, 6.07) is 0.478. The van der Waals surface area contributed by atoms with Gasteiger partial charge >= 0.3 is 0 Å². The molecule has 1 aromatic rings. The number of anilines is 1. The average molecular weight is 206 g/mol. The summed E-state index contributed by atoms with van der Waals surface area (Å²) in [6.45, 7) is 4.25. The van der Waals surface area contributed by atoms with Gasteiger partial charge in [-0.25, -0.2) is 9.97 Å². The van der Waals surface area contributed by atoms with Crippen LogP contribution < -0.4 is 10.6 Å². The van der Waals surface area contributed by atoms with E-state index < -0.39 is 0 Å². The summed E-state index contributed by atoms with van der Waals surface area (Å²) in [7, 11) is 0. The van der Waals surface area contributed by atoms with Gasteiger partial charge in [0.15, 0.2) is 0 Å². The molecule has 0 aliphatic carbocycles. The normalized spacial score (nSPS) is 21.3. The van der Waals surface area contributed by atoms with E-state index in [0.29, 0.717) is 6.04 Å². The van der Waals surface area contributed by atoms with Crippen LogP contribution in [0.5, 0.6) is 0 Å². The molecule has 15 heavy (non-hydrogen) atoms. The van der Waals surface area contributed by atoms with Crippen molar-refractivity contribution in [1.29, 1.82) is 0 Å². The lowest BCUT2D eigenvalue weighted by Gasteiger charge is -2.23. The van der Waals surface area contributed by atoms with Gasteiger partial charge < -0.3 is 10.6 Å². The van der Waals surface area contributed by atoms with E-state index in [9.17, 15) is 0 Å². The molecule has 0 aromatic carbocycles. The molecule has 2 rings (SSSR count). The number of aromatic nitrogens is 2. The van der Waals surface area contributed by atoms with Gasteiger partial charge in [0, 0.05) is 25.0 Å². The third-order valence-electron chi connectivity index (χ3n) is 2.74. The molecule has 1 fully saturated rings. The second-order valence-electron chi connectivity index (χ2n) is 3.96. The molecule has 1 aliphatic heterocycles. The molecule has 1 unspecified atom stereocenters. The monoisotopic (exact) mass is 206 g/mol. The van der Waals surface area contributed by atoms with Gasteiger partial charge in [-0.1, -0.05) is 6.92 Å². The first-order valence-corrected chi connectivity index (χ1v) is 5.66. The van der Waals surface area contributed by atoms with Gasteiger partial charge in [-0.2, -0.15) is 0 Å². The van der Waals surface area contributed by atoms with Crippen molar-refractivity contribution in [3.8, 4) is 0 Å². The first-order valence-electron chi connectivity index (χ1n) is 5.66. The minimum atomic E-state index is 0.478. The average Bonchev–Trinajstić information content (AvgIpc) is 2.31. The smallest absolute Gasteiger partial charge is 0.222 e. The Balaban J connectivity index is 1.91. The molecule has 1 atom stereocenters. The minimum absolute atomic E-state index is 0.478. The molecule has 1 aromatic heterocycles. The maximum absolute atomic E-state index is 4.29. The van der Waals surface area contributed by atoms with Crippen LogP contribution in [0.4, 0.5) is 5.95 Å². The van der Waals surface area contributed by atoms with Crippen molar-refractivity contribution in [2.75, 3.05) is 18.4 Å². The Bertz CT molecular complexity index is 290. The zero-order valence-electron chi connectivity index (χ0n) is 9.16. The molecule has 0 saturated carbocycles. The number of nitrogens with one attached hydrogen (secondary N) is 2. The summed E-state index contributed by atoms with van der Waals surface area (Å²) in [5.74, 6) is 0.751. The largest absolute Gasteiger partial charge is 0.350 e. The molecule has 4 nitrogen and oxygen atoms in total. The molecule has 0 bridgehead atoms. The number of piperidine rings is 1. The van der Waals surface area contributed by atoms with Gasteiger partial charge in [0.1, 0.15) is 0 Å². The van der Waals surface area contributed by atoms with Crippen LogP contribution in [0.2, 0.25) is 0 Å². The van der Waals surface area contributed by atoms with Crippen LogP contribution in [-0.2, 0) is 6.42 Å². The van der Waals surface area contributed by atoms with Crippen molar-refractivity contribution in [3.63, 3.8) is 0 Å². The van der Waals surface area contributed by atoms with Crippen LogP contribution in [0.15, 0.2) is 12.4 Å². The highest BCUT2D eigenvalue weighted by Gasteiger charge is 2.12. The van der Waals surface area contributed by atoms with Crippen molar-refractivity contribution in [2.24, 2.45) is 0 Å². The fourth-order valence-corrected chi connectivity index (χ4v) is 1.77. The molecule has 0 amide bonds. The van der Waals surface area contributed by atoms with E-state index in [2.05, 4.69) is 27.5 Å². The molecule has 1 saturated heterocycles. The van der Waals surface area contributed by atoms with Gasteiger partial charge in [0.05, 0.1) is 0 Å². The van der Waals surface area contributed by atoms with E-state index in [1.807, 2.05) is 12.4 Å². The van der Waals surface area contributed by atoms with Crippen molar-refractivity contribution in [2.45, 2.75) is 32.2 Å². The molecular formula is C11H18N4. The molecule has 0 radical (unpaired) electrons. The van der Waals surface area contributed by atoms with Gasteiger partial charge in [0.25, 0.3) is 0 Å². The Labute approximate surface area is 90.5 Å². The fraction of sp³-hybridized carbons (Fsp3) is 0.636. The molecule has 82 valence electrons. The van der Waals surface area contributed by atoms with Crippen molar-refractivity contribution >= 4 is 5.95 Å².